The van der Waals surface area contributed by atoms with Crippen LogP contribution < -0.4 is 9.47 Å². The van der Waals surface area contributed by atoms with Gasteiger partial charge in [0.15, 0.2) is 5.66 Å². The fourth-order valence-corrected chi connectivity index (χ4v) is 2.43. The van der Waals surface area contributed by atoms with E-state index in [0.29, 0.717) is 0 Å². The van der Waals surface area contributed by atoms with Crippen LogP contribution in [-0.4, -0.2) is 26.1 Å². The minimum atomic E-state index is -0.582. The predicted molar refractivity (Wildman–Crippen MR) is 88.4 cm³/mol. The Kier molecular flexibility index (Phi) is 3.67. The number of nitrogens with zero attached hydrogens (tertiary/aromatic N) is 2. The van der Waals surface area contributed by atoms with Crippen LogP contribution in [0.4, 0.5) is 0 Å². The third-order valence-electron chi connectivity index (χ3n) is 3.80. The molecule has 0 N–H and O–H groups in total. The SMILES string of the molecule is COc1ccc(C2=NC(C)(c3ccc(OC)cc3)N=C2)cc1. The highest BCUT2D eigenvalue weighted by Gasteiger charge is 2.29. The van der Waals surface area contributed by atoms with Crippen LogP contribution in [0.3, 0.4) is 0 Å². The lowest BCUT2D eigenvalue weighted by atomic mass is 10.0. The molecule has 112 valence electrons. The van der Waals surface area contributed by atoms with Gasteiger partial charge >= 0.3 is 0 Å². The van der Waals surface area contributed by atoms with E-state index in [1.54, 1.807) is 14.2 Å². The summed E-state index contributed by atoms with van der Waals surface area (Å²) in [6.07, 6.45) is 1.83. The van der Waals surface area contributed by atoms with E-state index in [1.807, 2.05) is 61.7 Å². The minimum absolute atomic E-state index is 0.582. The van der Waals surface area contributed by atoms with Gasteiger partial charge in [-0.3, -0.25) is 4.99 Å². The van der Waals surface area contributed by atoms with Crippen molar-refractivity contribution in [3.8, 4) is 11.5 Å². The van der Waals surface area contributed by atoms with Gasteiger partial charge in [-0.15, -0.1) is 0 Å². The van der Waals surface area contributed by atoms with Gasteiger partial charge in [-0.05, 0) is 43.3 Å². The second kappa shape index (κ2) is 5.64. The highest BCUT2D eigenvalue weighted by Crippen LogP contribution is 2.32. The summed E-state index contributed by atoms with van der Waals surface area (Å²) in [4.78, 5) is 9.38. The third kappa shape index (κ3) is 2.60. The molecule has 1 atom stereocenters. The van der Waals surface area contributed by atoms with Gasteiger partial charge in [-0.1, -0.05) is 12.1 Å². The van der Waals surface area contributed by atoms with E-state index >= 15 is 0 Å². The molecule has 0 saturated heterocycles. The summed E-state index contributed by atoms with van der Waals surface area (Å²) in [5.41, 5.74) is 2.36. The van der Waals surface area contributed by atoms with Gasteiger partial charge in [-0.2, -0.15) is 0 Å². The third-order valence-corrected chi connectivity index (χ3v) is 3.80. The summed E-state index contributed by atoms with van der Waals surface area (Å²) in [6.45, 7) is 2.00. The van der Waals surface area contributed by atoms with Crippen molar-refractivity contribution in [2.45, 2.75) is 12.6 Å². The Bertz CT molecular complexity index is 718. The van der Waals surface area contributed by atoms with Gasteiger partial charge in [-0.25, -0.2) is 4.99 Å². The highest BCUT2D eigenvalue weighted by molar-refractivity contribution is 6.39. The van der Waals surface area contributed by atoms with Crippen LogP contribution >= 0.6 is 0 Å². The summed E-state index contributed by atoms with van der Waals surface area (Å²) < 4.78 is 10.4. The van der Waals surface area contributed by atoms with Crippen molar-refractivity contribution in [2.24, 2.45) is 9.98 Å². The summed E-state index contributed by atoms with van der Waals surface area (Å²) in [7, 11) is 3.31. The molecule has 1 unspecified atom stereocenters. The molecule has 2 aromatic rings. The Morgan fingerprint density at radius 1 is 0.818 bits per heavy atom. The largest absolute Gasteiger partial charge is 0.497 e. The van der Waals surface area contributed by atoms with E-state index in [0.717, 1.165) is 28.3 Å². The zero-order valence-electron chi connectivity index (χ0n) is 12.9. The van der Waals surface area contributed by atoms with Gasteiger partial charge in [0.1, 0.15) is 11.5 Å². The smallest absolute Gasteiger partial charge is 0.173 e. The fourth-order valence-electron chi connectivity index (χ4n) is 2.43. The van der Waals surface area contributed by atoms with Crippen molar-refractivity contribution in [1.82, 2.24) is 0 Å². The van der Waals surface area contributed by atoms with Crippen molar-refractivity contribution in [3.05, 3.63) is 59.7 Å². The maximum atomic E-state index is 5.19. The minimum Gasteiger partial charge on any atom is -0.497 e. The van der Waals surface area contributed by atoms with Gasteiger partial charge in [0.2, 0.25) is 0 Å². The molecule has 0 fully saturated rings. The van der Waals surface area contributed by atoms with Crippen LogP contribution in [0.1, 0.15) is 18.1 Å². The topological polar surface area (TPSA) is 43.2 Å². The molecule has 0 aliphatic carbocycles. The van der Waals surface area contributed by atoms with E-state index in [9.17, 15) is 0 Å². The summed E-state index contributed by atoms with van der Waals surface area (Å²) in [6, 6.07) is 15.7. The second-order valence-corrected chi connectivity index (χ2v) is 5.23. The Morgan fingerprint density at radius 3 is 1.91 bits per heavy atom. The first-order valence-electron chi connectivity index (χ1n) is 7.09. The molecule has 0 aromatic heterocycles. The summed E-state index contributed by atoms with van der Waals surface area (Å²) in [5, 5.41) is 0. The van der Waals surface area contributed by atoms with E-state index in [1.165, 1.54) is 0 Å². The van der Waals surface area contributed by atoms with Gasteiger partial charge in [0.05, 0.1) is 26.1 Å². The molecular formula is C18H18N2O2. The lowest BCUT2D eigenvalue weighted by Crippen LogP contribution is -2.13. The Balaban J connectivity index is 1.89. The van der Waals surface area contributed by atoms with Crippen LogP contribution in [0.5, 0.6) is 11.5 Å². The van der Waals surface area contributed by atoms with E-state index in [-0.39, 0.29) is 0 Å². The van der Waals surface area contributed by atoms with Crippen LogP contribution in [-0.2, 0) is 5.66 Å². The first-order chi connectivity index (χ1) is 10.6. The molecule has 1 aliphatic rings. The van der Waals surface area contributed by atoms with Crippen molar-refractivity contribution in [2.75, 3.05) is 14.2 Å². The normalized spacial score (nSPS) is 19.9. The molecule has 2 aromatic carbocycles. The van der Waals surface area contributed by atoms with Gasteiger partial charge in [0.25, 0.3) is 0 Å². The lowest BCUT2D eigenvalue weighted by Gasteiger charge is -2.18. The Hall–Kier alpha value is -2.62. The number of hydrogen-bond donors (Lipinski definition) is 0. The molecule has 4 heteroatoms. The summed E-state index contributed by atoms with van der Waals surface area (Å²) >= 11 is 0. The quantitative estimate of drug-likeness (QED) is 0.866. The molecule has 0 bridgehead atoms. The lowest BCUT2D eigenvalue weighted by molar-refractivity contribution is 0.414. The molecule has 0 saturated carbocycles. The molecule has 4 nitrogen and oxygen atoms in total. The number of rotatable bonds is 4. The molecular weight excluding hydrogens is 276 g/mol. The monoisotopic (exact) mass is 294 g/mol. The average molecular weight is 294 g/mol. The Morgan fingerprint density at radius 2 is 1.36 bits per heavy atom. The molecule has 3 rings (SSSR count). The predicted octanol–water partition coefficient (Wildman–Crippen LogP) is 3.45. The average Bonchev–Trinajstić information content (AvgIpc) is 2.98. The van der Waals surface area contributed by atoms with E-state index in [4.69, 9.17) is 14.5 Å². The molecule has 0 radical (unpaired) electrons. The van der Waals surface area contributed by atoms with Crippen molar-refractivity contribution in [1.29, 1.82) is 0 Å². The highest BCUT2D eigenvalue weighted by atomic mass is 16.5. The first kappa shape index (κ1) is 14.3. The van der Waals surface area contributed by atoms with Crippen LogP contribution in [0.15, 0.2) is 58.5 Å². The van der Waals surface area contributed by atoms with Crippen molar-refractivity contribution >= 4 is 11.9 Å². The van der Waals surface area contributed by atoms with E-state index in [2.05, 4.69) is 4.99 Å². The molecule has 1 heterocycles. The molecule has 0 spiro atoms. The number of ether oxygens (including phenoxy) is 2. The molecule has 1 aliphatic heterocycles. The second-order valence-electron chi connectivity index (χ2n) is 5.23. The van der Waals surface area contributed by atoms with Gasteiger partial charge < -0.3 is 9.47 Å². The van der Waals surface area contributed by atoms with Crippen LogP contribution in [0.25, 0.3) is 0 Å². The fraction of sp³-hybridized carbons (Fsp3) is 0.222. The summed E-state index contributed by atoms with van der Waals surface area (Å²) in [5.74, 6) is 1.66. The molecule has 22 heavy (non-hydrogen) atoms. The van der Waals surface area contributed by atoms with Crippen LogP contribution in [0.2, 0.25) is 0 Å². The number of methoxy groups -OCH3 is 2. The maximum Gasteiger partial charge on any atom is 0.173 e. The number of aliphatic imine (C=N–C) groups is 2. The van der Waals surface area contributed by atoms with Crippen molar-refractivity contribution in [3.63, 3.8) is 0 Å². The number of hydrogen-bond acceptors (Lipinski definition) is 4. The van der Waals surface area contributed by atoms with Crippen molar-refractivity contribution < 1.29 is 9.47 Å². The van der Waals surface area contributed by atoms with Crippen LogP contribution in [0, 0.1) is 0 Å². The van der Waals surface area contributed by atoms with Gasteiger partial charge in [0, 0.05) is 11.1 Å². The zero-order valence-corrected chi connectivity index (χ0v) is 12.9. The molecule has 0 amide bonds. The standard InChI is InChI=1S/C18H18N2O2/c1-18(14-6-10-16(22-3)11-7-14)19-12-17(20-18)13-4-8-15(21-2)9-5-13/h4-12H,1-3H3. The Labute approximate surface area is 130 Å². The zero-order chi connectivity index (χ0) is 15.6. The maximum absolute atomic E-state index is 5.19. The van der Waals surface area contributed by atoms with E-state index < -0.39 is 5.66 Å². The number of benzene rings is 2. The first-order valence-corrected chi connectivity index (χ1v) is 7.09.